The lowest BCUT2D eigenvalue weighted by molar-refractivity contribution is 0.557. The Kier molecular flexibility index (Phi) is 3.56. The van der Waals surface area contributed by atoms with Crippen LogP contribution in [0.2, 0.25) is 5.02 Å². The lowest BCUT2D eigenvalue weighted by atomic mass is 10.4. The number of halogens is 1. The highest BCUT2D eigenvalue weighted by Crippen LogP contribution is 2.18. The monoisotopic (exact) mass is 300 g/mol. The fourth-order valence-corrected chi connectivity index (χ4v) is 3.23. The van der Waals surface area contributed by atoms with Gasteiger partial charge in [0.25, 0.3) is 5.56 Å². The van der Waals surface area contributed by atoms with E-state index in [4.69, 9.17) is 11.6 Å². The van der Waals surface area contributed by atoms with Gasteiger partial charge >= 0.3 is 0 Å². The summed E-state index contributed by atoms with van der Waals surface area (Å²) in [6.45, 7) is 0. The molecular formula is C12H13ClN2O3S. The smallest absolute Gasteiger partial charge is 0.266 e. The molecular weight excluding hydrogens is 288 g/mol. The number of sulfone groups is 1. The molecule has 0 amide bonds. The Balaban J connectivity index is 2.39. The normalized spacial score (nSPS) is 11.7. The third kappa shape index (κ3) is 2.74. The Hall–Kier alpha value is -1.53. The van der Waals surface area contributed by atoms with Gasteiger partial charge in [-0.3, -0.25) is 14.2 Å². The van der Waals surface area contributed by atoms with E-state index in [9.17, 15) is 13.2 Å². The van der Waals surface area contributed by atoms with Crippen LogP contribution in [0.25, 0.3) is 0 Å². The van der Waals surface area contributed by atoms with Gasteiger partial charge in [-0.15, -0.1) is 0 Å². The first-order valence-electron chi connectivity index (χ1n) is 5.51. The van der Waals surface area contributed by atoms with Crippen molar-refractivity contribution in [2.75, 3.05) is 0 Å². The van der Waals surface area contributed by atoms with Gasteiger partial charge < -0.3 is 0 Å². The number of rotatable bonds is 3. The molecule has 0 aliphatic heterocycles. The molecule has 19 heavy (non-hydrogen) atoms. The molecule has 0 bridgehead atoms. The van der Waals surface area contributed by atoms with Crippen molar-refractivity contribution < 1.29 is 8.42 Å². The van der Waals surface area contributed by atoms with Gasteiger partial charge in [-0.25, -0.2) is 8.42 Å². The highest BCUT2D eigenvalue weighted by atomic mass is 35.5. The van der Waals surface area contributed by atoms with Crippen LogP contribution in [-0.4, -0.2) is 17.8 Å². The molecule has 0 spiro atoms. The molecule has 0 aliphatic carbocycles. The predicted molar refractivity (Wildman–Crippen MR) is 73.0 cm³/mol. The van der Waals surface area contributed by atoms with Crippen LogP contribution in [0.3, 0.4) is 0 Å². The van der Waals surface area contributed by atoms with Crippen LogP contribution in [-0.2, 0) is 29.7 Å². The van der Waals surface area contributed by atoms with Gasteiger partial charge in [-0.05, 0) is 24.3 Å². The van der Waals surface area contributed by atoms with Crippen molar-refractivity contribution in [3.8, 4) is 0 Å². The molecule has 0 fully saturated rings. The molecule has 2 rings (SSSR count). The summed E-state index contributed by atoms with van der Waals surface area (Å²) in [6.07, 6.45) is 0. The Bertz CT molecular complexity index is 757. The van der Waals surface area contributed by atoms with Gasteiger partial charge in [0.15, 0.2) is 9.84 Å². The first kappa shape index (κ1) is 13.9. The van der Waals surface area contributed by atoms with E-state index in [1.54, 1.807) is 14.1 Å². The molecule has 0 saturated heterocycles. The van der Waals surface area contributed by atoms with Crippen molar-refractivity contribution in [3.63, 3.8) is 0 Å². The average Bonchev–Trinajstić information content (AvgIpc) is 2.57. The summed E-state index contributed by atoms with van der Waals surface area (Å²) in [5.74, 6) is -0.221. The van der Waals surface area contributed by atoms with Gasteiger partial charge in [0.05, 0.1) is 16.3 Å². The summed E-state index contributed by atoms with van der Waals surface area (Å²) in [6, 6.07) is 7.29. The predicted octanol–water partition coefficient (Wildman–Crippen LogP) is 1.35. The molecule has 0 N–H and O–H groups in total. The summed E-state index contributed by atoms with van der Waals surface area (Å²) in [7, 11) is -0.257. The van der Waals surface area contributed by atoms with E-state index in [1.807, 2.05) is 0 Å². The number of hydrogen-bond donors (Lipinski definition) is 0. The lowest BCUT2D eigenvalue weighted by Crippen LogP contribution is -2.17. The topological polar surface area (TPSA) is 61.1 Å². The Labute approximate surface area is 115 Å². The first-order chi connectivity index (χ1) is 8.81. The van der Waals surface area contributed by atoms with E-state index < -0.39 is 9.84 Å². The molecule has 0 radical (unpaired) electrons. The fraction of sp³-hybridized carbons (Fsp3) is 0.250. The van der Waals surface area contributed by atoms with E-state index in [2.05, 4.69) is 0 Å². The summed E-state index contributed by atoms with van der Waals surface area (Å²) >= 11 is 5.73. The highest BCUT2D eigenvalue weighted by Gasteiger charge is 2.18. The zero-order valence-corrected chi connectivity index (χ0v) is 12.1. The number of benzene rings is 1. The average molecular weight is 301 g/mol. The van der Waals surface area contributed by atoms with Gasteiger partial charge in [0.2, 0.25) is 0 Å². The molecule has 1 aromatic heterocycles. The maximum atomic E-state index is 12.2. The number of hydrogen-bond acceptors (Lipinski definition) is 3. The van der Waals surface area contributed by atoms with Crippen LogP contribution in [0.1, 0.15) is 5.69 Å². The van der Waals surface area contributed by atoms with Crippen LogP contribution in [0.15, 0.2) is 40.0 Å². The van der Waals surface area contributed by atoms with Crippen LogP contribution in [0.4, 0.5) is 0 Å². The molecule has 2 aromatic rings. The second-order valence-corrected chi connectivity index (χ2v) is 6.66. The highest BCUT2D eigenvalue weighted by molar-refractivity contribution is 7.90. The van der Waals surface area contributed by atoms with Crippen LogP contribution in [0, 0.1) is 0 Å². The summed E-state index contributed by atoms with van der Waals surface area (Å²) in [5, 5.41) is 0.478. The Morgan fingerprint density at radius 2 is 1.68 bits per heavy atom. The number of aromatic nitrogens is 2. The fourth-order valence-electron chi connectivity index (χ4n) is 1.72. The molecule has 7 heteroatoms. The first-order valence-corrected chi connectivity index (χ1v) is 7.54. The SMILES string of the molecule is Cn1c(CS(=O)(=O)c2ccc(Cl)cc2)cc(=O)n1C. The minimum Gasteiger partial charge on any atom is -0.289 e. The van der Waals surface area contributed by atoms with Crippen molar-refractivity contribution in [1.82, 2.24) is 9.36 Å². The van der Waals surface area contributed by atoms with Crippen molar-refractivity contribution in [1.29, 1.82) is 0 Å². The molecule has 1 heterocycles. The van der Waals surface area contributed by atoms with Crippen molar-refractivity contribution in [2.24, 2.45) is 14.1 Å². The quantitative estimate of drug-likeness (QED) is 0.859. The molecule has 1 aromatic carbocycles. The van der Waals surface area contributed by atoms with Crippen LogP contribution < -0.4 is 5.56 Å². The summed E-state index contributed by atoms with van der Waals surface area (Å²) < 4.78 is 27.3. The minimum absolute atomic E-state index is 0.188. The summed E-state index contributed by atoms with van der Waals surface area (Å²) in [5.41, 5.74) is 0.214. The van der Waals surface area contributed by atoms with E-state index in [0.29, 0.717) is 10.7 Å². The second-order valence-electron chi connectivity index (χ2n) is 4.23. The van der Waals surface area contributed by atoms with Crippen molar-refractivity contribution >= 4 is 21.4 Å². The van der Waals surface area contributed by atoms with Gasteiger partial charge in [-0.2, -0.15) is 0 Å². The summed E-state index contributed by atoms with van der Waals surface area (Å²) in [4.78, 5) is 11.6. The Morgan fingerprint density at radius 1 is 1.11 bits per heavy atom. The van der Waals surface area contributed by atoms with Crippen molar-refractivity contribution in [2.45, 2.75) is 10.6 Å². The maximum absolute atomic E-state index is 12.2. The lowest BCUT2D eigenvalue weighted by Gasteiger charge is -2.07. The molecule has 0 saturated carbocycles. The van der Waals surface area contributed by atoms with Crippen LogP contribution >= 0.6 is 11.6 Å². The standard InChI is InChI=1S/C12H13ClN2O3S/c1-14-10(7-12(16)15(14)2)8-19(17,18)11-5-3-9(13)4-6-11/h3-7H,8H2,1-2H3. The zero-order valence-electron chi connectivity index (χ0n) is 10.5. The third-order valence-corrected chi connectivity index (χ3v) is 4.90. The molecule has 0 atom stereocenters. The van der Waals surface area contributed by atoms with Gasteiger partial charge in [0, 0.05) is 25.2 Å². The Morgan fingerprint density at radius 3 is 2.16 bits per heavy atom. The largest absolute Gasteiger partial charge is 0.289 e. The van der Waals surface area contributed by atoms with E-state index in [0.717, 1.165) is 0 Å². The van der Waals surface area contributed by atoms with E-state index in [-0.39, 0.29) is 16.2 Å². The van der Waals surface area contributed by atoms with Crippen LogP contribution in [0.5, 0.6) is 0 Å². The molecule has 0 aliphatic rings. The number of nitrogens with zero attached hydrogens (tertiary/aromatic N) is 2. The third-order valence-electron chi connectivity index (χ3n) is 2.99. The maximum Gasteiger partial charge on any atom is 0.266 e. The molecule has 102 valence electrons. The molecule has 0 unspecified atom stereocenters. The van der Waals surface area contributed by atoms with E-state index in [1.165, 1.54) is 39.7 Å². The van der Waals surface area contributed by atoms with Gasteiger partial charge in [0.1, 0.15) is 0 Å². The zero-order chi connectivity index (χ0) is 14.2. The van der Waals surface area contributed by atoms with Crippen molar-refractivity contribution in [3.05, 3.63) is 51.4 Å². The second kappa shape index (κ2) is 4.86. The minimum atomic E-state index is -3.49. The molecule has 5 nitrogen and oxygen atoms in total. The van der Waals surface area contributed by atoms with Gasteiger partial charge in [-0.1, -0.05) is 11.6 Å². The van der Waals surface area contributed by atoms with E-state index >= 15 is 0 Å².